The Labute approximate surface area is 105 Å². The van der Waals surface area contributed by atoms with E-state index in [1.54, 1.807) is 14.0 Å². The summed E-state index contributed by atoms with van der Waals surface area (Å²) in [4.78, 5) is 34.6. The van der Waals surface area contributed by atoms with E-state index in [0.717, 1.165) is 0 Å². The molecule has 8 nitrogen and oxygen atoms in total. The zero-order valence-corrected chi connectivity index (χ0v) is 10.6. The third-order valence-corrected chi connectivity index (χ3v) is 2.31. The summed E-state index contributed by atoms with van der Waals surface area (Å²) < 4.78 is 0. The lowest BCUT2D eigenvalue weighted by molar-refractivity contribution is -0.146. The molecule has 4 N–H and O–H groups in total. The van der Waals surface area contributed by atoms with Crippen LogP contribution in [0.25, 0.3) is 0 Å². The maximum Gasteiger partial charge on any atom is 0.334 e. The summed E-state index contributed by atoms with van der Waals surface area (Å²) in [6.45, 7) is 3.41. The molecule has 2 atom stereocenters. The molecule has 0 aliphatic carbocycles. The maximum atomic E-state index is 11.6. The number of likely N-dealkylation sites (N-methyl/N-ethyl adjacent to an activating group) is 1. The SMILES string of the molecule is CCN(C)C(=O)C(C)NC(=O)NCC(O)C(=O)O. The number of carboxylic acid groups (broad SMARTS) is 1. The zero-order valence-electron chi connectivity index (χ0n) is 10.6. The van der Waals surface area contributed by atoms with Gasteiger partial charge in [0, 0.05) is 13.6 Å². The number of hydrogen-bond acceptors (Lipinski definition) is 4. The molecule has 0 aromatic rings. The van der Waals surface area contributed by atoms with Gasteiger partial charge in [0.05, 0.1) is 6.54 Å². The van der Waals surface area contributed by atoms with Gasteiger partial charge in [-0.2, -0.15) is 0 Å². The Morgan fingerprint density at radius 3 is 2.33 bits per heavy atom. The van der Waals surface area contributed by atoms with Gasteiger partial charge in [-0.05, 0) is 13.8 Å². The molecule has 0 aliphatic heterocycles. The second-order valence-corrected chi connectivity index (χ2v) is 3.78. The molecule has 3 amide bonds. The van der Waals surface area contributed by atoms with E-state index in [0.29, 0.717) is 6.54 Å². The number of carbonyl (C=O) groups excluding carboxylic acids is 2. The van der Waals surface area contributed by atoms with Crippen molar-refractivity contribution in [2.24, 2.45) is 0 Å². The fraction of sp³-hybridized carbons (Fsp3) is 0.700. The van der Waals surface area contributed by atoms with Gasteiger partial charge in [0.1, 0.15) is 6.04 Å². The average molecular weight is 261 g/mol. The van der Waals surface area contributed by atoms with Gasteiger partial charge in [-0.3, -0.25) is 4.79 Å². The first kappa shape index (κ1) is 16.2. The highest BCUT2D eigenvalue weighted by molar-refractivity contribution is 5.86. The number of aliphatic carboxylic acids is 1. The first-order valence-corrected chi connectivity index (χ1v) is 5.49. The minimum Gasteiger partial charge on any atom is -0.479 e. The van der Waals surface area contributed by atoms with Crippen molar-refractivity contribution < 1.29 is 24.6 Å². The molecule has 8 heteroatoms. The maximum absolute atomic E-state index is 11.6. The summed E-state index contributed by atoms with van der Waals surface area (Å²) >= 11 is 0. The second-order valence-electron chi connectivity index (χ2n) is 3.78. The van der Waals surface area contributed by atoms with Gasteiger partial charge in [0.2, 0.25) is 5.91 Å². The van der Waals surface area contributed by atoms with Crippen molar-refractivity contribution in [2.75, 3.05) is 20.1 Å². The van der Waals surface area contributed by atoms with Gasteiger partial charge in [-0.25, -0.2) is 9.59 Å². The van der Waals surface area contributed by atoms with Crippen LogP contribution in [0.3, 0.4) is 0 Å². The van der Waals surface area contributed by atoms with Crippen LogP contribution >= 0.6 is 0 Å². The Kier molecular flexibility index (Phi) is 6.73. The molecule has 0 aliphatic rings. The van der Waals surface area contributed by atoms with E-state index in [4.69, 9.17) is 10.2 Å². The lowest BCUT2D eigenvalue weighted by Crippen LogP contribution is -2.50. The third kappa shape index (κ3) is 5.48. The smallest absolute Gasteiger partial charge is 0.334 e. The van der Waals surface area contributed by atoms with Crippen molar-refractivity contribution in [3.05, 3.63) is 0 Å². The number of rotatable bonds is 6. The van der Waals surface area contributed by atoms with Crippen LogP contribution in [0, 0.1) is 0 Å². The third-order valence-electron chi connectivity index (χ3n) is 2.31. The first-order valence-electron chi connectivity index (χ1n) is 5.49. The number of aliphatic hydroxyl groups excluding tert-OH is 1. The normalized spacial score (nSPS) is 13.3. The Morgan fingerprint density at radius 1 is 1.33 bits per heavy atom. The van der Waals surface area contributed by atoms with Crippen molar-refractivity contribution in [3.63, 3.8) is 0 Å². The molecule has 2 unspecified atom stereocenters. The highest BCUT2D eigenvalue weighted by Crippen LogP contribution is 1.91. The lowest BCUT2D eigenvalue weighted by atomic mass is 10.3. The highest BCUT2D eigenvalue weighted by Gasteiger charge is 2.19. The van der Waals surface area contributed by atoms with Crippen LogP contribution in [-0.2, 0) is 9.59 Å². The van der Waals surface area contributed by atoms with Crippen molar-refractivity contribution in [1.82, 2.24) is 15.5 Å². The minimum absolute atomic E-state index is 0.258. The first-order chi connectivity index (χ1) is 8.29. The van der Waals surface area contributed by atoms with E-state index in [1.165, 1.54) is 11.8 Å². The van der Waals surface area contributed by atoms with Crippen molar-refractivity contribution in [2.45, 2.75) is 26.0 Å². The summed E-state index contributed by atoms with van der Waals surface area (Å²) in [6.07, 6.45) is -1.67. The summed E-state index contributed by atoms with van der Waals surface area (Å²) in [5.74, 6) is -1.68. The molecule has 104 valence electrons. The van der Waals surface area contributed by atoms with Crippen LogP contribution in [0.4, 0.5) is 4.79 Å². The van der Waals surface area contributed by atoms with Gasteiger partial charge >= 0.3 is 12.0 Å². The van der Waals surface area contributed by atoms with E-state index in [1.807, 2.05) is 0 Å². The molecule has 0 heterocycles. The summed E-state index contributed by atoms with van der Waals surface area (Å²) in [6, 6.07) is -1.43. The standard InChI is InChI=1S/C10H19N3O5/c1-4-13(3)8(15)6(2)12-10(18)11-5-7(14)9(16)17/h6-7,14H,4-5H2,1-3H3,(H,16,17)(H2,11,12,18). The molecule has 0 fully saturated rings. The predicted octanol–water partition coefficient (Wildman–Crippen LogP) is -1.40. The molecule has 0 radical (unpaired) electrons. The largest absolute Gasteiger partial charge is 0.479 e. The number of nitrogens with one attached hydrogen (secondary N) is 2. The fourth-order valence-electron chi connectivity index (χ4n) is 1.07. The number of amides is 3. The van der Waals surface area contributed by atoms with Gasteiger partial charge in [-0.15, -0.1) is 0 Å². The number of carboxylic acids is 1. The van der Waals surface area contributed by atoms with Crippen LogP contribution in [0.2, 0.25) is 0 Å². The summed E-state index contributed by atoms with van der Waals surface area (Å²) in [5.41, 5.74) is 0. The molecular weight excluding hydrogens is 242 g/mol. The van der Waals surface area contributed by atoms with Crippen LogP contribution in [0.1, 0.15) is 13.8 Å². The quantitative estimate of drug-likeness (QED) is 0.469. The van der Waals surface area contributed by atoms with Crippen molar-refractivity contribution in [1.29, 1.82) is 0 Å². The van der Waals surface area contributed by atoms with E-state index in [-0.39, 0.29) is 5.91 Å². The fourth-order valence-corrected chi connectivity index (χ4v) is 1.07. The van der Waals surface area contributed by atoms with Crippen molar-refractivity contribution in [3.8, 4) is 0 Å². The van der Waals surface area contributed by atoms with Gasteiger partial charge in [0.15, 0.2) is 6.10 Å². The molecule has 0 rings (SSSR count). The van der Waals surface area contributed by atoms with Crippen LogP contribution in [0.5, 0.6) is 0 Å². The Balaban J connectivity index is 4.09. The molecule has 0 saturated heterocycles. The van der Waals surface area contributed by atoms with E-state index in [2.05, 4.69) is 10.6 Å². The second kappa shape index (κ2) is 7.49. The molecule has 0 spiro atoms. The Morgan fingerprint density at radius 2 is 1.89 bits per heavy atom. The number of carbonyl (C=O) groups is 3. The van der Waals surface area contributed by atoms with Crippen LogP contribution in [0.15, 0.2) is 0 Å². The van der Waals surface area contributed by atoms with Gasteiger partial charge < -0.3 is 25.7 Å². The number of nitrogens with zero attached hydrogens (tertiary/aromatic N) is 1. The van der Waals surface area contributed by atoms with Crippen molar-refractivity contribution >= 4 is 17.9 Å². The zero-order chi connectivity index (χ0) is 14.3. The van der Waals surface area contributed by atoms with Gasteiger partial charge in [-0.1, -0.05) is 0 Å². The Bertz CT molecular complexity index is 321. The highest BCUT2D eigenvalue weighted by atomic mass is 16.4. The summed E-state index contributed by atoms with van der Waals surface area (Å²) in [7, 11) is 1.60. The molecule has 0 aromatic heterocycles. The lowest BCUT2D eigenvalue weighted by Gasteiger charge is -2.20. The topological polar surface area (TPSA) is 119 Å². The average Bonchev–Trinajstić information content (AvgIpc) is 2.33. The monoisotopic (exact) mass is 261 g/mol. The molecule has 0 saturated carbocycles. The number of aliphatic hydroxyl groups is 1. The van der Waals surface area contributed by atoms with Crippen LogP contribution < -0.4 is 10.6 Å². The minimum atomic E-state index is -1.67. The molecule has 0 aromatic carbocycles. The molecular formula is C10H19N3O5. The Hall–Kier alpha value is -1.83. The van der Waals surface area contributed by atoms with Gasteiger partial charge in [0.25, 0.3) is 0 Å². The number of urea groups is 1. The number of hydrogen-bond donors (Lipinski definition) is 4. The van der Waals surface area contributed by atoms with Crippen LogP contribution in [-0.4, -0.2) is 65.3 Å². The summed E-state index contributed by atoms with van der Waals surface area (Å²) in [5, 5.41) is 21.8. The van der Waals surface area contributed by atoms with E-state index >= 15 is 0 Å². The molecule has 0 bridgehead atoms. The molecule has 18 heavy (non-hydrogen) atoms. The predicted molar refractivity (Wildman–Crippen MR) is 63.0 cm³/mol. The van der Waals surface area contributed by atoms with E-state index in [9.17, 15) is 14.4 Å². The van der Waals surface area contributed by atoms with E-state index < -0.39 is 30.7 Å².